The van der Waals surface area contributed by atoms with Gasteiger partial charge in [0.05, 0.1) is 11.3 Å². The van der Waals surface area contributed by atoms with Gasteiger partial charge in [0.15, 0.2) is 0 Å². The van der Waals surface area contributed by atoms with Gasteiger partial charge in [-0.2, -0.15) is 5.10 Å². The summed E-state index contributed by atoms with van der Waals surface area (Å²) in [5, 5.41) is 16.9. The number of aryl methyl sites for hydroxylation is 2. The summed E-state index contributed by atoms with van der Waals surface area (Å²) < 4.78 is 2.02. The van der Waals surface area contributed by atoms with Crippen LogP contribution in [0.15, 0.2) is 30.5 Å². The number of nitrogens with zero attached hydrogens (tertiary/aromatic N) is 2. The van der Waals surface area contributed by atoms with E-state index < -0.39 is 5.97 Å². The van der Waals surface area contributed by atoms with Crippen molar-refractivity contribution < 1.29 is 9.90 Å². The average molecular weight is 315 g/mol. The molecule has 2 N–H and O–H groups in total. The molecule has 5 heteroatoms. The molecule has 0 amide bonds. The summed E-state index contributed by atoms with van der Waals surface area (Å²) in [7, 11) is 0. The van der Waals surface area contributed by atoms with E-state index in [-0.39, 0.29) is 0 Å². The molecule has 0 saturated heterocycles. The number of carbonyl (C=O) groups is 1. The van der Waals surface area contributed by atoms with E-state index in [0.717, 1.165) is 30.8 Å². The third kappa shape index (κ3) is 5.21. The van der Waals surface area contributed by atoms with E-state index >= 15 is 0 Å². The van der Waals surface area contributed by atoms with Gasteiger partial charge in [-0.15, -0.1) is 0 Å². The molecule has 0 unspecified atom stereocenters. The van der Waals surface area contributed by atoms with E-state index in [1.165, 1.54) is 18.4 Å². The quantitative estimate of drug-likeness (QED) is 0.696. The molecule has 2 aromatic rings. The second-order valence-electron chi connectivity index (χ2n) is 5.82. The van der Waals surface area contributed by atoms with Crippen molar-refractivity contribution in [3.05, 3.63) is 52.8 Å². The Morgan fingerprint density at radius 2 is 2.13 bits per heavy atom. The number of benzene rings is 1. The molecular weight excluding hydrogens is 290 g/mol. The second-order valence-corrected chi connectivity index (χ2v) is 5.82. The smallest absolute Gasteiger partial charge is 0.335 e. The first kappa shape index (κ1) is 17.2. The zero-order chi connectivity index (χ0) is 16.7. The lowest BCUT2D eigenvalue weighted by atomic mass is 10.1. The van der Waals surface area contributed by atoms with Crippen molar-refractivity contribution >= 4 is 5.97 Å². The monoisotopic (exact) mass is 315 g/mol. The molecule has 1 aromatic carbocycles. The Balaban J connectivity index is 1.86. The van der Waals surface area contributed by atoms with Crippen LogP contribution >= 0.6 is 0 Å². The molecule has 5 nitrogen and oxygen atoms in total. The van der Waals surface area contributed by atoms with Crippen molar-refractivity contribution in [1.29, 1.82) is 0 Å². The van der Waals surface area contributed by atoms with Gasteiger partial charge in [0.2, 0.25) is 0 Å². The minimum atomic E-state index is -0.893. The van der Waals surface area contributed by atoms with Gasteiger partial charge in [-0.3, -0.25) is 4.68 Å². The topological polar surface area (TPSA) is 67.2 Å². The maximum atomic E-state index is 11.0. The first-order valence-electron chi connectivity index (χ1n) is 8.16. The molecule has 0 atom stereocenters. The van der Waals surface area contributed by atoms with E-state index in [9.17, 15) is 4.79 Å². The maximum absolute atomic E-state index is 11.0. The van der Waals surface area contributed by atoms with Gasteiger partial charge < -0.3 is 10.4 Å². The molecule has 2 rings (SSSR count). The standard InChI is InChI=1S/C18H25N3O2/c1-3-4-5-9-21-13-17(14(2)20-21)12-19-11-15-7-6-8-16(10-15)18(22)23/h6-8,10,13,19H,3-5,9,11-12H2,1-2H3,(H,22,23). The number of aromatic nitrogens is 2. The number of unbranched alkanes of at least 4 members (excludes halogenated alkanes) is 2. The molecule has 0 saturated carbocycles. The summed E-state index contributed by atoms with van der Waals surface area (Å²) in [5.74, 6) is -0.893. The van der Waals surface area contributed by atoms with Crippen LogP contribution in [0.4, 0.5) is 0 Å². The molecule has 0 aliphatic rings. The van der Waals surface area contributed by atoms with Gasteiger partial charge >= 0.3 is 5.97 Å². The predicted octanol–water partition coefficient (Wildman–Crippen LogP) is 3.37. The van der Waals surface area contributed by atoms with Crippen LogP contribution in [0.1, 0.15) is 53.4 Å². The van der Waals surface area contributed by atoms with Gasteiger partial charge in [-0.1, -0.05) is 31.9 Å². The van der Waals surface area contributed by atoms with Crippen LogP contribution in [0.5, 0.6) is 0 Å². The molecule has 0 radical (unpaired) electrons. The van der Waals surface area contributed by atoms with Gasteiger partial charge in [0.25, 0.3) is 0 Å². The van der Waals surface area contributed by atoms with Crippen LogP contribution in [-0.2, 0) is 19.6 Å². The molecule has 1 aromatic heterocycles. The molecule has 0 aliphatic heterocycles. The highest BCUT2D eigenvalue weighted by Gasteiger charge is 2.06. The normalized spacial score (nSPS) is 10.9. The lowest BCUT2D eigenvalue weighted by Crippen LogP contribution is -2.13. The summed E-state index contributed by atoms with van der Waals surface area (Å²) in [6, 6.07) is 7.02. The van der Waals surface area contributed by atoms with Crippen molar-refractivity contribution in [3.8, 4) is 0 Å². The number of rotatable bonds is 9. The SMILES string of the molecule is CCCCCn1cc(CNCc2cccc(C(=O)O)c2)c(C)n1. The maximum Gasteiger partial charge on any atom is 0.335 e. The lowest BCUT2D eigenvalue weighted by molar-refractivity contribution is 0.0696. The second kappa shape index (κ2) is 8.48. The van der Waals surface area contributed by atoms with Gasteiger partial charge in [0, 0.05) is 31.4 Å². The molecular formula is C18H25N3O2. The Morgan fingerprint density at radius 1 is 1.30 bits per heavy atom. The first-order valence-corrected chi connectivity index (χ1v) is 8.16. The van der Waals surface area contributed by atoms with Crippen molar-refractivity contribution in [2.75, 3.05) is 0 Å². The van der Waals surface area contributed by atoms with Gasteiger partial charge in [0.1, 0.15) is 0 Å². The predicted molar refractivity (Wildman–Crippen MR) is 90.4 cm³/mol. The van der Waals surface area contributed by atoms with Crippen molar-refractivity contribution in [3.63, 3.8) is 0 Å². The van der Waals surface area contributed by atoms with Crippen molar-refractivity contribution in [2.24, 2.45) is 0 Å². The molecule has 124 valence electrons. The van der Waals surface area contributed by atoms with Gasteiger partial charge in [-0.05, 0) is 31.0 Å². The van der Waals surface area contributed by atoms with E-state index in [4.69, 9.17) is 5.11 Å². The minimum Gasteiger partial charge on any atom is -0.478 e. The Kier molecular flexibility index (Phi) is 6.35. The van der Waals surface area contributed by atoms with Crippen molar-refractivity contribution in [2.45, 2.75) is 52.7 Å². The first-order chi connectivity index (χ1) is 11.1. The molecule has 23 heavy (non-hydrogen) atoms. The highest BCUT2D eigenvalue weighted by molar-refractivity contribution is 5.87. The van der Waals surface area contributed by atoms with Crippen LogP contribution in [0.25, 0.3) is 0 Å². The zero-order valence-corrected chi connectivity index (χ0v) is 13.9. The Morgan fingerprint density at radius 3 is 2.87 bits per heavy atom. The molecule has 0 spiro atoms. The van der Waals surface area contributed by atoms with E-state index in [2.05, 4.69) is 23.5 Å². The fraction of sp³-hybridized carbons (Fsp3) is 0.444. The number of carboxylic acid groups (broad SMARTS) is 1. The molecule has 0 bridgehead atoms. The summed E-state index contributed by atoms with van der Waals surface area (Å²) in [5.41, 5.74) is 3.53. The van der Waals surface area contributed by atoms with Gasteiger partial charge in [-0.25, -0.2) is 4.79 Å². The summed E-state index contributed by atoms with van der Waals surface area (Å²) >= 11 is 0. The summed E-state index contributed by atoms with van der Waals surface area (Å²) in [6.07, 6.45) is 5.70. The molecule has 0 fully saturated rings. The van der Waals surface area contributed by atoms with E-state index in [0.29, 0.717) is 12.1 Å². The molecule has 1 heterocycles. The Hall–Kier alpha value is -2.14. The Bertz CT molecular complexity index is 649. The zero-order valence-electron chi connectivity index (χ0n) is 13.9. The minimum absolute atomic E-state index is 0.323. The number of hydrogen-bond donors (Lipinski definition) is 2. The third-order valence-electron chi connectivity index (χ3n) is 3.86. The highest BCUT2D eigenvalue weighted by Crippen LogP contribution is 2.09. The fourth-order valence-electron chi connectivity index (χ4n) is 2.53. The average Bonchev–Trinajstić information content (AvgIpc) is 2.88. The number of aromatic carboxylic acids is 1. The third-order valence-corrected chi connectivity index (χ3v) is 3.86. The van der Waals surface area contributed by atoms with Crippen LogP contribution in [0.2, 0.25) is 0 Å². The largest absolute Gasteiger partial charge is 0.478 e. The summed E-state index contributed by atoms with van der Waals surface area (Å²) in [6.45, 7) is 6.56. The summed E-state index contributed by atoms with van der Waals surface area (Å²) in [4.78, 5) is 11.0. The fourth-order valence-corrected chi connectivity index (χ4v) is 2.53. The van der Waals surface area contributed by atoms with Crippen molar-refractivity contribution in [1.82, 2.24) is 15.1 Å². The number of nitrogens with one attached hydrogen (secondary N) is 1. The van der Waals surface area contributed by atoms with Crippen LogP contribution < -0.4 is 5.32 Å². The van der Waals surface area contributed by atoms with E-state index in [1.807, 2.05) is 17.7 Å². The number of hydrogen-bond acceptors (Lipinski definition) is 3. The van der Waals surface area contributed by atoms with E-state index in [1.54, 1.807) is 18.2 Å². The van der Waals surface area contributed by atoms with Crippen LogP contribution in [-0.4, -0.2) is 20.9 Å². The lowest BCUT2D eigenvalue weighted by Gasteiger charge is -2.05. The number of carboxylic acids is 1. The Labute approximate surface area is 137 Å². The highest BCUT2D eigenvalue weighted by atomic mass is 16.4. The van der Waals surface area contributed by atoms with Crippen LogP contribution in [0.3, 0.4) is 0 Å². The van der Waals surface area contributed by atoms with Crippen LogP contribution in [0, 0.1) is 6.92 Å². The molecule has 0 aliphatic carbocycles.